The van der Waals surface area contributed by atoms with E-state index in [1.54, 1.807) is 0 Å². The van der Waals surface area contributed by atoms with Gasteiger partial charge in [-0.3, -0.25) is 9.69 Å². The van der Waals surface area contributed by atoms with Gasteiger partial charge in [0.2, 0.25) is 0 Å². The molecule has 5 heteroatoms. The van der Waals surface area contributed by atoms with E-state index < -0.39 is 0 Å². The number of benzene rings is 2. The molecule has 0 saturated carbocycles. The summed E-state index contributed by atoms with van der Waals surface area (Å²) in [7, 11) is 0. The van der Waals surface area contributed by atoms with Crippen molar-refractivity contribution in [2.75, 3.05) is 19.7 Å². The molecular weight excluding hydrogens is 427 g/mol. The van der Waals surface area contributed by atoms with Crippen LogP contribution in [-0.4, -0.2) is 36.6 Å². The molecule has 0 aliphatic carbocycles. The molecule has 1 unspecified atom stereocenters. The van der Waals surface area contributed by atoms with Crippen molar-refractivity contribution >= 4 is 28.5 Å². The normalized spacial score (nSPS) is 18.1. The first kappa shape index (κ1) is 18.4. The summed E-state index contributed by atoms with van der Waals surface area (Å²) < 4.78 is 6.72. The largest absolute Gasteiger partial charge is 0.376 e. The highest BCUT2D eigenvalue weighted by Gasteiger charge is 2.16. The predicted octanol–water partition coefficient (Wildman–Crippen LogP) is 3.44. The molecule has 1 amide bonds. The molecule has 1 saturated heterocycles. The molecule has 3 rings (SSSR count). The summed E-state index contributed by atoms with van der Waals surface area (Å²) in [5.74, 6) is -0.0381. The molecule has 0 aromatic heterocycles. The number of nitrogens with zero attached hydrogens (tertiary/aromatic N) is 1. The summed E-state index contributed by atoms with van der Waals surface area (Å²) in [6.45, 7) is 6.31. The lowest BCUT2D eigenvalue weighted by Gasteiger charge is -2.31. The SMILES string of the molecule is CC1CN(Cc2cccc(CNC(=O)c3ccc(I)cc3)c2)CCO1. The van der Waals surface area contributed by atoms with E-state index >= 15 is 0 Å². The Morgan fingerprint density at radius 2 is 2.00 bits per heavy atom. The molecular formula is C20H23IN2O2. The second-order valence-corrected chi connectivity index (χ2v) is 7.67. The van der Waals surface area contributed by atoms with Gasteiger partial charge in [-0.25, -0.2) is 0 Å². The molecule has 1 aliphatic heterocycles. The number of carbonyl (C=O) groups excluding carboxylic acids is 1. The maximum absolute atomic E-state index is 12.2. The Kier molecular flexibility index (Phi) is 6.45. The lowest BCUT2D eigenvalue weighted by molar-refractivity contribution is -0.0212. The van der Waals surface area contributed by atoms with Crippen molar-refractivity contribution in [3.05, 3.63) is 68.8 Å². The second kappa shape index (κ2) is 8.78. The zero-order chi connectivity index (χ0) is 17.6. The lowest BCUT2D eigenvalue weighted by Crippen LogP contribution is -2.40. The number of carbonyl (C=O) groups is 1. The summed E-state index contributed by atoms with van der Waals surface area (Å²) in [6, 6.07) is 16.0. The van der Waals surface area contributed by atoms with Crippen LogP contribution in [0, 0.1) is 3.57 Å². The number of ether oxygens (including phenoxy) is 1. The quantitative estimate of drug-likeness (QED) is 0.710. The zero-order valence-electron chi connectivity index (χ0n) is 14.4. The van der Waals surface area contributed by atoms with Crippen LogP contribution in [0.3, 0.4) is 0 Å². The van der Waals surface area contributed by atoms with Crippen LogP contribution in [0.5, 0.6) is 0 Å². The third-order valence-corrected chi connectivity index (χ3v) is 5.00. The molecule has 0 spiro atoms. The van der Waals surface area contributed by atoms with Gasteiger partial charge in [-0.05, 0) is 64.9 Å². The standard InChI is InChI=1S/C20H23IN2O2/c1-15-13-23(9-10-25-15)14-17-4-2-3-16(11-17)12-22-20(24)18-5-7-19(21)8-6-18/h2-8,11,15H,9-10,12-14H2,1H3,(H,22,24). The first-order valence-corrected chi connectivity index (χ1v) is 9.63. The highest BCUT2D eigenvalue weighted by Crippen LogP contribution is 2.12. The Labute approximate surface area is 162 Å². The third-order valence-electron chi connectivity index (χ3n) is 4.28. The Balaban J connectivity index is 1.56. The second-order valence-electron chi connectivity index (χ2n) is 6.43. The van der Waals surface area contributed by atoms with Crippen molar-refractivity contribution in [2.45, 2.75) is 26.1 Å². The molecule has 4 nitrogen and oxygen atoms in total. The number of amides is 1. The predicted molar refractivity (Wildman–Crippen MR) is 107 cm³/mol. The molecule has 1 fully saturated rings. The van der Waals surface area contributed by atoms with E-state index in [4.69, 9.17) is 4.74 Å². The maximum Gasteiger partial charge on any atom is 0.251 e. The van der Waals surface area contributed by atoms with Crippen molar-refractivity contribution in [3.63, 3.8) is 0 Å². The highest BCUT2D eigenvalue weighted by atomic mass is 127. The fraction of sp³-hybridized carbons (Fsp3) is 0.350. The minimum absolute atomic E-state index is 0.0381. The molecule has 1 N–H and O–H groups in total. The average molecular weight is 450 g/mol. The van der Waals surface area contributed by atoms with Gasteiger partial charge in [-0.15, -0.1) is 0 Å². The monoisotopic (exact) mass is 450 g/mol. The summed E-state index contributed by atoms with van der Waals surface area (Å²) >= 11 is 2.23. The smallest absolute Gasteiger partial charge is 0.251 e. The molecule has 1 aliphatic rings. The van der Waals surface area contributed by atoms with Crippen LogP contribution in [0.25, 0.3) is 0 Å². The topological polar surface area (TPSA) is 41.6 Å². The van der Waals surface area contributed by atoms with E-state index in [-0.39, 0.29) is 5.91 Å². The van der Waals surface area contributed by atoms with E-state index in [1.165, 1.54) is 5.56 Å². The molecule has 2 aromatic rings. The fourth-order valence-electron chi connectivity index (χ4n) is 3.02. The third kappa shape index (κ3) is 5.52. The van der Waals surface area contributed by atoms with Gasteiger partial charge in [0, 0.05) is 35.3 Å². The van der Waals surface area contributed by atoms with Crippen LogP contribution < -0.4 is 5.32 Å². The van der Waals surface area contributed by atoms with Gasteiger partial charge in [-0.2, -0.15) is 0 Å². The van der Waals surface area contributed by atoms with E-state index in [2.05, 4.69) is 64.0 Å². The van der Waals surface area contributed by atoms with Crippen molar-refractivity contribution in [3.8, 4) is 0 Å². The summed E-state index contributed by atoms with van der Waals surface area (Å²) in [5, 5.41) is 3.00. The Morgan fingerprint density at radius 1 is 1.24 bits per heavy atom. The van der Waals surface area contributed by atoms with E-state index in [0.717, 1.165) is 35.4 Å². The molecule has 2 aromatic carbocycles. The van der Waals surface area contributed by atoms with Gasteiger partial charge in [0.15, 0.2) is 0 Å². The van der Waals surface area contributed by atoms with Crippen molar-refractivity contribution < 1.29 is 9.53 Å². The molecule has 132 valence electrons. The van der Waals surface area contributed by atoms with Crippen molar-refractivity contribution in [1.82, 2.24) is 10.2 Å². The van der Waals surface area contributed by atoms with Crippen LogP contribution in [-0.2, 0) is 17.8 Å². The first-order chi connectivity index (χ1) is 12.1. The van der Waals surface area contributed by atoms with Crippen LogP contribution in [0.4, 0.5) is 0 Å². The first-order valence-electron chi connectivity index (χ1n) is 8.56. The number of morpholine rings is 1. The van der Waals surface area contributed by atoms with Crippen molar-refractivity contribution in [1.29, 1.82) is 0 Å². The molecule has 25 heavy (non-hydrogen) atoms. The fourth-order valence-corrected chi connectivity index (χ4v) is 3.38. The number of halogens is 1. The van der Waals surface area contributed by atoms with Gasteiger partial charge in [0.25, 0.3) is 5.91 Å². The van der Waals surface area contributed by atoms with Gasteiger partial charge in [0.05, 0.1) is 12.7 Å². The summed E-state index contributed by atoms with van der Waals surface area (Å²) in [5.41, 5.74) is 3.09. The Morgan fingerprint density at radius 3 is 2.76 bits per heavy atom. The minimum atomic E-state index is -0.0381. The number of rotatable bonds is 5. The molecule has 1 atom stereocenters. The minimum Gasteiger partial charge on any atom is -0.376 e. The zero-order valence-corrected chi connectivity index (χ0v) is 16.5. The molecule has 0 bridgehead atoms. The Hall–Kier alpha value is -1.44. The number of hydrogen-bond donors (Lipinski definition) is 1. The summed E-state index contributed by atoms with van der Waals surface area (Å²) in [4.78, 5) is 14.6. The highest BCUT2D eigenvalue weighted by molar-refractivity contribution is 14.1. The maximum atomic E-state index is 12.2. The van der Waals surface area contributed by atoms with Gasteiger partial charge in [0.1, 0.15) is 0 Å². The van der Waals surface area contributed by atoms with Gasteiger partial charge >= 0.3 is 0 Å². The van der Waals surface area contributed by atoms with Crippen LogP contribution >= 0.6 is 22.6 Å². The van der Waals surface area contributed by atoms with Crippen LogP contribution in [0.1, 0.15) is 28.4 Å². The van der Waals surface area contributed by atoms with Gasteiger partial charge < -0.3 is 10.1 Å². The molecule has 1 heterocycles. The van der Waals surface area contributed by atoms with E-state index in [0.29, 0.717) is 18.2 Å². The van der Waals surface area contributed by atoms with Crippen LogP contribution in [0.15, 0.2) is 48.5 Å². The van der Waals surface area contributed by atoms with Gasteiger partial charge in [-0.1, -0.05) is 24.3 Å². The van der Waals surface area contributed by atoms with Crippen LogP contribution in [0.2, 0.25) is 0 Å². The van der Waals surface area contributed by atoms with Crippen molar-refractivity contribution in [2.24, 2.45) is 0 Å². The average Bonchev–Trinajstić information content (AvgIpc) is 2.61. The number of hydrogen-bond acceptors (Lipinski definition) is 3. The summed E-state index contributed by atoms with van der Waals surface area (Å²) in [6.07, 6.45) is 0.296. The number of nitrogens with one attached hydrogen (secondary N) is 1. The Bertz CT molecular complexity index is 718. The van der Waals surface area contributed by atoms with E-state index in [1.807, 2.05) is 24.3 Å². The van der Waals surface area contributed by atoms with E-state index in [9.17, 15) is 4.79 Å². The molecule has 0 radical (unpaired) electrons. The lowest BCUT2D eigenvalue weighted by atomic mass is 10.1.